The van der Waals surface area contributed by atoms with Crippen LogP contribution in [-0.2, 0) is 56.7 Å². The Morgan fingerprint density at radius 1 is 0.349 bits per heavy atom. The van der Waals surface area contributed by atoms with Gasteiger partial charge in [-0.25, -0.2) is 27.6 Å². The number of aryl methyl sites for hydroxylation is 3. The van der Waals surface area contributed by atoms with Crippen molar-refractivity contribution >= 4 is 67.7 Å². The molecule has 9 rings (SSSR count). The summed E-state index contributed by atoms with van der Waals surface area (Å²) < 4.78 is 278. The lowest BCUT2D eigenvalue weighted by Crippen LogP contribution is -2.49. The van der Waals surface area contributed by atoms with Crippen LogP contribution in [0, 0.1) is 38.2 Å². The summed E-state index contributed by atoms with van der Waals surface area (Å²) in [6.45, 7) is 4.37. The average Bonchev–Trinajstić information content (AvgIpc) is 0.770. The number of piperidine rings is 3. The highest BCUT2D eigenvalue weighted by Crippen LogP contribution is 2.43. The van der Waals surface area contributed by atoms with E-state index in [1.807, 2.05) is 0 Å². The zero-order chi connectivity index (χ0) is 76.3. The second-order valence-corrected chi connectivity index (χ2v) is 25.6. The van der Waals surface area contributed by atoms with E-state index in [1.54, 1.807) is 39.0 Å². The Balaban J connectivity index is 0.000000405. The Bertz CT molecular complexity index is 3480. The van der Waals surface area contributed by atoms with Crippen LogP contribution in [0.15, 0.2) is 109 Å². The first-order valence-corrected chi connectivity index (χ1v) is 31.4. The fraction of sp³-hybridized carbons (Fsp3) is 0.435. The zero-order valence-corrected chi connectivity index (χ0v) is 60.3. The topological polar surface area (TPSA) is 149 Å². The molecule has 0 bridgehead atoms. The summed E-state index contributed by atoms with van der Waals surface area (Å²) in [5.74, 6) is -1.33. The van der Waals surface area contributed by atoms with Gasteiger partial charge in [0.05, 0.1) is 51.5 Å². The third-order valence-electron chi connectivity index (χ3n) is 17.6. The summed E-state index contributed by atoms with van der Waals surface area (Å²) in [5, 5.41) is 0. The predicted octanol–water partition coefficient (Wildman–Crippen LogP) is 19.4. The maximum Gasteiger partial charge on any atom is 0.416 e. The number of alkyl halides is 18. The van der Waals surface area contributed by atoms with Crippen molar-refractivity contribution in [1.82, 2.24) is 29.4 Å². The van der Waals surface area contributed by atoms with Crippen molar-refractivity contribution in [2.75, 3.05) is 40.8 Å². The smallest absolute Gasteiger partial charge is 0.328 e. The van der Waals surface area contributed by atoms with E-state index in [4.69, 9.17) is 17.2 Å². The molecule has 0 radical (unpaired) electrons. The number of nitrogens with two attached hydrogens (primary N) is 3. The molecule has 3 fully saturated rings. The van der Waals surface area contributed by atoms with Gasteiger partial charge in [-0.15, -0.1) is 49.6 Å². The van der Waals surface area contributed by atoms with Crippen molar-refractivity contribution in [2.24, 2.45) is 17.2 Å². The van der Waals surface area contributed by atoms with E-state index < -0.39 is 144 Å². The van der Waals surface area contributed by atoms with Crippen molar-refractivity contribution in [2.45, 2.75) is 152 Å². The molecular formula is C69H76Cl4F21N9O3. The molecule has 3 saturated heterocycles. The van der Waals surface area contributed by atoms with Crippen LogP contribution in [0.1, 0.15) is 140 Å². The van der Waals surface area contributed by atoms with Crippen molar-refractivity contribution in [3.8, 4) is 0 Å². The van der Waals surface area contributed by atoms with Gasteiger partial charge in [0.25, 0.3) is 0 Å². The molecule has 0 unspecified atom stereocenters. The molecular weight excluding hydrogens is 1540 g/mol. The molecule has 0 saturated carbocycles. The van der Waals surface area contributed by atoms with E-state index in [2.05, 4.69) is 0 Å². The Kier molecular flexibility index (Phi) is 32.2. The van der Waals surface area contributed by atoms with Gasteiger partial charge in [0.1, 0.15) is 17.5 Å². The normalized spacial score (nSPS) is 18.6. The highest BCUT2D eigenvalue weighted by atomic mass is 35.5. The van der Waals surface area contributed by atoms with E-state index >= 15 is 0 Å². The van der Waals surface area contributed by atoms with E-state index in [-0.39, 0.29) is 122 Å². The van der Waals surface area contributed by atoms with Crippen LogP contribution in [0.4, 0.5) is 107 Å². The molecule has 6 aromatic rings. The Morgan fingerprint density at radius 3 is 0.708 bits per heavy atom. The van der Waals surface area contributed by atoms with E-state index in [0.717, 1.165) is 14.7 Å². The van der Waals surface area contributed by atoms with Gasteiger partial charge in [-0.2, -0.15) is 79.0 Å². The molecule has 590 valence electrons. The largest absolute Gasteiger partial charge is 0.416 e. The van der Waals surface area contributed by atoms with Crippen LogP contribution in [-0.4, -0.2) is 106 Å². The Morgan fingerprint density at radius 2 is 0.538 bits per heavy atom. The lowest BCUT2D eigenvalue weighted by molar-refractivity contribution is -0.144. The van der Waals surface area contributed by atoms with Crippen LogP contribution >= 0.6 is 49.6 Å². The number of urea groups is 3. The number of amides is 6. The van der Waals surface area contributed by atoms with Gasteiger partial charge in [-0.1, -0.05) is 18.2 Å². The van der Waals surface area contributed by atoms with Gasteiger partial charge in [0.15, 0.2) is 0 Å². The number of likely N-dealkylation sites (tertiary alicyclic amines) is 3. The minimum Gasteiger partial charge on any atom is -0.328 e. The number of hydrogen-bond donors (Lipinski definition) is 3. The van der Waals surface area contributed by atoms with Gasteiger partial charge in [-0.05, 0) is 200 Å². The van der Waals surface area contributed by atoms with Crippen molar-refractivity contribution in [3.05, 3.63) is 210 Å². The summed E-state index contributed by atoms with van der Waals surface area (Å²) in [7, 11) is 3.91. The van der Waals surface area contributed by atoms with Crippen molar-refractivity contribution < 1.29 is 107 Å². The first-order valence-electron chi connectivity index (χ1n) is 31.4. The molecule has 37 heteroatoms. The lowest BCUT2D eigenvalue weighted by Gasteiger charge is -2.41. The average molecular weight is 1620 g/mol. The van der Waals surface area contributed by atoms with E-state index in [0.29, 0.717) is 108 Å². The number of hydrogen-bond acceptors (Lipinski definition) is 6. The van der Waals surface area contributed by atoms with Crippen LogP contribution in [0.2, 0.25) is 0 Å². The van der Waals surface area contributed by atoms with Crippen LogP contribution in [0.5, 0.6) is 0 Å². The van der Waals surface area contributed by atoms with Gasteiger partial charge >= 0.3 is 55.2 Å². The minimum atomic E-state index is -4.98. The Labute approximate surface area is 621 Å². The van der Waals surface area contributed by atoms with Crippen molar-refractivity contribution in [3.63, 3.8) is 0 Å². The number of rotatable bonds is 9. The molecule has 0 spiro atoms. The highest BCUT2D eigenvalue weighted by molar-refractivity contribution is 5.86. The summed E-state index contributed by atoms with van der Waals surface area (Å²) >= 11 is 0. The molecule has 0 aliphatic carbocycles. The number of benzene rings is 6. The molecule has 3 heterocycles. The summed E-state index contributed by atoms with van der Waals surface area (Å²) in [4.78, 5) is 47.3. The second-order valence-electron chi connectivity index (χ2n) is 25.6. The summed E-state index contributed by atoms with van der Waals surface area (Å²) in [6.07, 6.45) is -27.3. The lowest BCUT2D eigenvalue weighted by atomic mass is 9.90. The quantitative estimate of drug-likeness (QED) is 0.123. The second kappa shape index (κ2) is 36.7. The number of halogens is 25. The molecule has 6 aromatic carbocycles. The third-order valence-corrected chi connectivity index (χ3v) is 17.6. The molecule has 0 aromatic heterocycles. The maximum absolute atomic E-state index is 13.6. The van der Waals surface area contributed by atoms with Crippen LogP contribution in [0.3, 0.4) is 0 Å². The van der Waals surface area contributed by atoms with E-state index in [1.165, 1.54) is 72.2 Å². The van der Waals surface area contributed by atoms with E-state index in [9.17, 15) is 107 Å². The molecule has 12 nitrogen and oxygen atoms in total. The van der Waals surface area contributed by atoms with Crippen molar-refractivity contribution in [1.29, 1.82) is 0 Å². The van der Waals surface area contributed by atoms with Gasteiger partial charge in [0.2, 0.25) is 0 Å². The highest BCUT2D eigenvalue weighted by Gasteiger charge is 2.43. The minimum absolute atomic E-state index is 0. The zero-order valence-electron chi connectivity index (χ0n) is 57.1. The first-order chi connectivity index (χ1) is 47.0. The number of nitrogens with zero attached hydrogens (tertiary/aromatic N) is 6. The van der Waals surface area contributed by atoms with Gasteiger partial charge < -0.3 is 46.6 Å². The number of carbonyl (C=O) groups excluding carboxylic acids is 3. The number of carbonyl (C=O) groups is 3. The molecule has 3 aliphatic heterocycles. The monoisotopic (exact) mass is 1620 g/mol. The molecule has 3 aliphatic rings. The summed E-state index contributed by atoms with van der Waals surface area (Å²) in [6, 6.07) is 12.2. The van der Waals surface area contributed by atoms with Crippen LogP contribution in [0.25, 0.3) is 0 Å². The summed E-state index contributed by atoms with van der Waals surface area (Å²) in [5.41, 5.74) is 12.5. The fourth-order valence-electron chi connectivity index (χ4n) is 12.6. The third kappa shape index (κ3) is 24.4. The standard InChI is InChI=1S/3C23H24F7N3O.4ClH/c3*1-13-7-17(24)3-4-19(13)20-11-18(31)5-6-33(20)21(34)32(2)12-14-8-15(22(25,26)27)10-16(9-14)23(28,29)30;;;;/h3*3-4,7-10,18,20H,5-6,11-12,31H2,1-2H3;4*1H/t2*18-,20+;18-,20-;;;;/m101..../s1. The molecule has 6 atom stereocenters. The van der Waals surface area contributed by atoms with Gasteiger partial charge in [-0.3, -0.25) is 0 Å². The first kappa shape index (κ1) is 92.9. The SMILES string of the molecule is Cc1cc(F)ccc1[C@@H]1C[C@H](N)CCN1C(=O)N(C)Cc1cc(C(F)(F)F)cc(C(F)(F)F)c1.Cc1cc(F)ccc1[C@H]1C[C@@H](N)CCN1C(=O)N(C)Cc1cc(C(F)(F)F)cc(C(F)(F)F)c1.Cc1cc(F)ccc1[C@H]1C[C@H](N)CCN1C(=O)N(C)Cc1cc(C(F)(F)F)cc(C(F)(F)F)c1.Cl.Cl.Cl.Cl. The molecule has 106 heavy (non-hydrogen) atoms. The van der Waals surface area contributed by atoms with Gasteiger partial charge in [0, 0.05) is 78.5 Å². The maximum atomic E-state index is 13.6. The molecule has 6 N–H and O–H groups in total. The fourth-order valence-corrected chi connectivity index (χ4v) is 12.6. The van der Waals surface area contributed by atoms with Crippen LogP contribution < -0.4 is 17.2 Å². The molecule has 6 amide bonds. The predicted molar refractivity (Wildman–Crippen MR) is 362 cm³/mol. The Hall–Kier alpha value is -7.30.